The molecule has 0 aliphatic heterocycles. The molecule has 4 heteroatoms. The van der Waals surface area contributed by atoms with Crippen LogP contribution in [0.4, 0.5) is 0 Å². The smallest absolute Gasteiger partial charge is 0.129 e. The number of rotatable bonds is 4. The number of benzene rings is 1. The molecule has 0 bridgehead atoms. The molecule has 1 fully saturated rings. The first-order valence-electron chi connectivity index (χ1n) is 5.87. The van der Waals surface area contributed by atoms with Crippen LogP contribution in [0.1, 0.15) is 24.8 Å². The monoisotopic (exact) mass is 238 g/mol. The summed E-state index contributed by atoms with van der Waals surface area (Å²) in [5.74, 6) is 1.28. The lowest BCUT2D eigenvalue weighted by atomic mass is 10.2. The Kier molecular flexibility index (Phi) is 3.86. The van der Waals surface area contributed by atoms with E-state index in [2.05, 4.69) is 0 Å². The van der Waals surface area contributed by atoms with Gasteiger partial charge in [0.2, 0.25) is 0 Å². The van der Waals surface area contributed by atoms with E-state index in [1.807, 2.05) is 0 Å². The van der Waals surface area contributed by atoms with Gasteiger partial charge in [0.1, 0.15) is 17.6 Å². The van der Waals surface area contributed by atoms with Crippen LogP contribution < -0.4 is 9.47 Å². The van der Waals surface area contributed by atoms with E-state index in [-0.39, 0.29) is 12.7 Å². The second-order valence-corrected chi connectivity index (χ2v) is 4.29. The maximum absolute atomic E-state index is 9.72. The highest BCUT2D eigenvalue weighted by Gasteiger charge is 2.27. The van der Waals surface area contributed by atoms with Crippen LogP contribution in [0.2, 0.25) is 0 Å². The largest absolute Gasteiger partial charge is 0.497 e. The maximum atomic E-state index is 9.72. The van der Waals surface area contributed by atoms with E-state index >= 15 is 0 Å². The van der Waals surface area contributed by atoms with E-state index in [0.717, 1.165) is 19.3 Å². The summed E-state index contributed by atoms with van der Waals surface area (Å²) in [7, 11) is 1.59. The average Bonchev–Trinajstić information content (AvgIpc) is 2.75. The zero-order valence-corrected chi connectivity index (χ0v) is 9.93. The summed E-state index contributed by atoms with van der Waals surface area (Å²) < 4.78 is 10.9. The minimum atomic E-state index is -0.409. The van der Waals surface area contributed by atoms with Crippen molar-refractivity contribution in [1.82, 2.24) is 0 Å². The van der Waals surface area contributed by atoms with Crippen LogP contribution in [0, 0.1) is 0 Å². The fraction of sp³-hybridized carbons (Fsp3) is 0.538. The van der Waals surface area contributed by atoms with Crippen molar-refractivity contribution in [3.05, 3.63) is 23.8 Å². The molecule has 2 rings (SSSR count). The van der Waals surface area contributed by atoms with E-state index in [1.165, 1.54) is 0 Å². The molecule has 0 heterocycles. The quantitative estimate of drug-likeness (QED) is 0.834. The van der Waals surface area contributed by atoms with Gasteiger partial charge in [-0.05, 0) is 31.4 Å². The predicted molar refractivity (Wildman–Crippen MR) is 63.2 cm³/mol. The number of methoxy groups -OCH3 is 1. The van der Waals surface area contributed by atoms with Crippen LogP contribution >= 0.6 is 0 Å². The summed E-state index contributed by atoms with van der Waals surface area (Å²) in [6.45, 7) is -0.0812. The highest BCUT2D eigenvalue weighted by atomic mass is 16.5. The molecule has 0 amide bonds. The lowest BCUT2D eigenvalue weighted by Crippen LogP contribution is -2.26. The van der Waals surface area contributed by atoms with Crippen LogP contribution in [0.5, 0.6) is 11.5 Å². The van der Waals surface area contributed by atoms with Gasteiger partial charge in [0.05, 0.1) is 19.8 Å². The molecule has 0 saturated heterocycles. The molecule has 1 aromatic rings. The molecular weight excluding hydrogens is 220 g/mol. The van der Waals surface area contributed by atoms with Crippen molar-refractivity contribution in [2.24, 2.45) is 0 Å². The zero-order chi connectivity index (χ0) is 12.3. The van der Waals surface area contributed by atoms with Gasteiger partial charge in [-0.3, -0.25) is 0 Å². The number of hydrogen-bond acceptors (Lipinski definition) is 4. The van der Waals surface area contributed by atoms with Crippen LogP contribution in [-0.4, -0.2) is 29.5 Å². The van der Waals surface area contributed by atoms with Gasteiger partial charge in [0.15, 0.2) is 0 Å². The first-order chi connectivity index (χ1) is 8.24. The van der Waals surface area contributed by atoms with Gasteiger partial charge < -0.3 is 19.7 Å². The average molecular weight is 238 g/mol. The highest BCUT2D eigenvalue weighted by molar-refractivity contribution is 5.40. The van der Waals surface area contributed by atoms with Crippen molar-refractivity contribution < 1.29 is 19.7 Å². The Morgan fingerprint density at radius 3 is 2.76 bits per heavy atom. The summed E-state index contributed by atoms with van der Waals surface area (Å²) in [5.41, 5.74) is 0.713. The molecule has 1 aliphatic rings. The molecule has 0 spiro atoms. The summed E-state index contributed by atoms with van der Waals surface area (Å²) in [5, 5.41) is 19.0. The third kappa shape index (κ3) is 2.70. The van der Waals surface area contributed by atoms with Crippen molar-refractivity contribution in [3.8, 4) is 11.5 Å². The molecule has 1 aromatic carbocycles. The zero-order valence-electron chi connectivity index (χ0n) is 9.93. The van der Waals surface area contributed by atoms with Crippen LogP contribution in [0.15, 0.2) is 18.2 Å². The van der Waals surface area contributed by atoms with Crippen molar-refractivity contribution in [3.63, 3.8) is 0 Å². The summed E-state index contributed by atoms with van der Waals surface area (Å²) in [4.78, 5) is 0. The molecule has 0 aromatic heterocycles. The van der Waals surface area contributed by atoms with Crippen LogP contribution in [0.25, 0.3) is 0 Å². The third-order valence-electron chi connectivity index (χ3n) is 3.14. The Balaban J connectivity index is 2.17. The fourth-order valence-electron chi connectivity index (χ4n) is 2.11. The Morgan fingerprint density at radius 1 is 1.35 bits per heavy atom. The van der Waals surface area contributed by atoms with Crippen molar-refractivity contribution in [1.29, 1.82) is 0 Å². The molecule has 2 unspecified atom stereocenters. The molecule has 17 heavy (non-hydrogen) atoms. The first kappa shape index (κ1) is 12.2. The van der Waals surface area contributed by atoms with Crippen LogP contribution in [-0.2, 0) is 6.61 Å². The van der Waals surface area contributed by atoms with Crippen molar-refractivity contribution in [2.45, 2.75) is 38.1 Å². The van der Waals surface area contributed by atoms with Gasteiger partial charge >= 0.3 is 0 Å². The molecule has 1 saturated carbocycles. The standard InChI is InChI=1S/C13H18O4/c1-16-10-6-5-9(8-14)13(7-10)17-12-4-2-3-11(12)15/h5-7,11-12,14-15H,2-4,8H2,1H3. The van der Waals surface area contributed by atoms with Crippen molar-refractivity contribution in [2.75, 3.05) is 7.11 Å². The van der Waals surface area contributed by atoms with E-state index in [0.29, 0.717) is 17.1 Å². The summed E-state index contributed by atoms with van der Waals surface area (Å²) in [6, 6.07) is 5.30. The number of ether oxygens (including phenoxy) is 2. The summed E-state index contributed by atoms with van der Waals surface area (Å²) in [6.07, 6.45) is 2.02. The Bertz CT molecular complexity index is 378. The lowest BCUT2D eigenvalue weighted by molar-refractivity contribution is 0.0587. The predicted octanol–water partition coefficient (Wildman–Crippen LogP) is 1.48. The molecule has 0 radical (unpaired) electrons. The third-order valence-corrected chi connectivity index (χ3v) is 3.14. The first-order valence-corrected chi connectivity index (χ1v) is 5.87. The van der Waals surface area contributed by atoms with Crippen LogP contribution in [0.3, 0.4) is 0 Å². The Labute approximate surface area is 101 Å². The van der Waals surface area contributed by atoms with Crippen molar-refractivity contribution >= 4 is 0 Å². The van der Waals surface area contributed by atoms with E-state index in [9.17, 15) is 10.2 Å². The Hall–Kier alpha value is -1.26. The van der Waals surface area contributed by atoms with Gasteiger partial charge in [-0.2, -0.15) is 0 Å². The minimum absolute atomic E-state index is 0.0812. The molecule has 2 atom stereocenters. The highest BCUT2D eigenvalue weighted by Crippen LogP contribution is 2.30. The van der Waals surface area contributed by atoms with E-state index in [4.69, 9.17) is 9.47 Å². The Morgan fingerprint density at radius 2 is 2.18 bits per heavy atom. The lowest BCUT2D eigenvalue weighted by Gasteiger charge is -2.19. The van der Waals surface area contributed by atoms with Gasteiger partial charge in [-0.25, -0.2) is 0 Å². The summed E-state index contributed by atoms with van der Waals surface area (Å²) >= 11 is 0. The molecule has 94 valence electrons. The van der Waals surface area contributed by atoms with Gasteiger partial charge in [0, 0.05) is 11.6 Å². The van der Waals surface area contributed by atoms with Gasteiger partial charge in [-0.1, -0.05) is 0 Å². The second kappa shape index (κ2) is 5.38. The van der Waals surface area contributed by atoms with Gasteiger partial charge in [0.25, 0.3) is 0 Å². The normalized spacial score (nSPS) is 23.7. The molecule has 1 aliphatic carbocycles. The number of aliphatic hydroxyl groups is 2. The minimum Gasteiger partial charge on any atom is -0.497 e. The fourth-order valence-corrected chi connectivity index (χ4v) is 2.11. The number of aliphatic hydroxyl groups excluding tert-OH is 2. The molecule has 4 nitrogen and oxygen atoms in total. The number of hydrogen-bond donors (Lipinski definition) is 2. The van der Waals surface area contributed by atoms with Gasteiger partial charge in [-0.15, -0.1) is 0 Å². The topological polar surface area (TPSA) is 58.9 Å². The van der Waals surface area contributed by atoms with E-state index < -0.39 is 6.10 Å². The molecular formula is C13H18O4. The van der Waals surface area contributed by atoms with E-state index in [1.54, 1.807) is 25.3 Å². The maximum Gasteiger partial charge on any atom is 0.129 e. The SMILES string of the molecule is COc1ccc(CO)c(OC2CCCC2O)c1. The second-order valence-electron chi connectivity index (χ2n) is 4.29. The molecule has 2 N–H and O–H groups in total.